The quantitative estimate of drug-likeness (QED) is 0.654. The first-order valence-electron chi connectivity index (χ1n) is 8.30. The van der Waals surface area contributed by atoms with Gasteiger partial charge < -0.3 is 0 Å². The molecule has 0 fully saturated rings. The van der Waals surface area contributed by atoms with Gasteiger partial charge in [0.05, 0.1) is 0 Å². The lowest BCUT2D eigenvalue weighted by Crippen LogP contribution is -2.49. The molecule has 0 amide bonds. The van der Waals surface area contributed by atoms with Crippen molar-refractivity contribution in [1.82, 2.24) is 15.0 Å². The van der Waals surface area contributed by atoms with Gasteiger partial charge in [-0.2, -0.15) is 0 Å². The highest BCUT2D eigenvalue weighted by Crippen LogP contribution is 2.33. The molecule has 120 valence electrons. The minimum Gasteiger partial charge on any atom is -0.275 e. The van der Waals surface area contributed by atoms with Crippen LogP contribution in [0.2, 0.25) is 0 Å². The Balaban J connectivity index is 2.21. The standard InChI is InChI=1S/C16H26N6/c1-3-5-7-9-16(10-8-6-4-2)21-13-18-14-22(16)15-19-11-17-12-20-15/h11-14H,3-10H2,1-2H3. The van der Waals surface area contributed by atoms with Crippen LogP contribution in [0.1, 0.15) is 65.2 Å². The summed E-state index contributed by atoms with van der Waals surface area (Å²) >= 11 is 0. The summed E-state index contributed by atoms with van der Waals surface area (Å²) in [6, 6.07) is 0. The van der Waals surface area contributed by atoms with Crippen molar-refractivity contribution in [2.75, 3.05) is 4.90 Å². The second kappa shape index (κ2) is 8.56. The fourth-order valence-electron chi connectivity index (χ4n) is 2.81. The number of rotatable bonds is 9. The Morgan fingerprint density at radius 2 is 1.59 bits per heavy atom. The van der Waals surface area contributed by atoms with E-state index in [4.69, 9.17) is 4.99 Å². The maximum atomic E-state index is 4.76. The SMILES string of the molecule is CCCCCC1(CCCCC)N=CN=CN1c1ncncn1. The van der Waals surface area contributed by atoms with Gasteiger partial charge in [0.25, 0.3) is 0 Å². The number of aliphatic imine (C=N–C) groups is 2. The van der Waals surface area contributed by atoms with E-state index in [9.17, 15) is 0 Å². The van der Waals surface area contributed by atoms with E-state index in [1.165, 1.54) is 38.3 Å². The molecule has 0 saturated heterocycles. The van der Waals surface area contributed by atoms with Gasteiger partial charge in [0, 0.05) is 0 Å². The maximum Gasteiger partial charge on any atom is 0.235 e. The molecule has 0 saturated carbocycles. The molecule has 22 heavy (non-hydrogen) atoms. The largest absolute Gasteiger partial charge is 0.275 e. The molecule has 1 aliphatic heterocycles. The van der Waals surface area contributed by atoms with Crippen LogP contribution in [0.5, 0.6) is 0 Å². The molecule has 2 heterocycles. The summed E-state index contributed by atoms with van der Waals surface area (Å²) in [5.41, 5.74) is -0.298. The molecule has 0 radical (unpaired) electrons. The zero-order valence-electron chi connectivity index (χ0n) is 13.6. The van der Waals surface area contributed by atoms with Crippen LogP contribution in [0.15, 0.2) is 22.6 Å². The van der Waals surface area contributed by atoms with Crippen LogP contribution in [0, 0.1) is 0 Å². The average Bonchev–Trinajstić information content (AvgIpc) is 2.57. The zero-order chi connectivity index (χ0) is 15.7. The molecule has 0 spiro atoms. The van der Waals surface area contributed by atoms with Crippen molar-refractivity contribution in [3.05, 3.63) is 12.7 Å². The average molecular weight is 302 g/mol. The number of anilines is 1. The molecule has 0 N–H and O–H groups in total. The molecular formula is C16H26N6. The topological polar surface area (TPSA) is 66.6 Å². The molecule has 0 aromatic carbocycles. The van der Waals surface area contributed by atoms with E-state index >= 15 is 0 Å². The van der Waals surface area contributed by atoms with Crippen molar-refractivity contribution >= 4 is 18.6 Å². The van der Waals surface area contributed by atoms with Gasteiger partial charge in [-0.25, -0.2) is 24.9 Å². The fraction of sp³-hybridized carbons (Fsp3) is 0.688. The number of nitrogens with zero attached hydrogens (tertiary/aromatic N) is 6. The minimum atomic E-state index is -0.298. The molecule has 1 aliphatic rings. The normalized spacial score (nSPS) is 16.2. The van der Waals surface area contributed by atoms with Crippen LogP contribution in [0.25, 0.3) is 0 Å². The first kappa shape index (κ1) is 16.5. The Morgan fingerprint density at radius 3 is 2.18 bits per heavy atom. The summed E-state index contributed by atoms with van der Waals surface area (Å²) in [6.45, 7) is 4.44. The molecule has 6 heteroatoms. The third-order valence-electron chi connectivity index (χ3n) is 4.05. The lowest BCUT2D eigenvalue weighted by atomic mass is 9.93. The van der Waals surface area contributed by atoms with E-state index in [-0.39, 0.29) is 5.66 Å². The van der Waals surface area contributed by atoms with Crippen molar-refractivity contribution in [1.29, 1.82) is 0 Å². The molecule has 1 aromatic heterocycles. The lowest BCUT2D eigenvalue weighted by molar-refractivity contribution is 0.349. The first-order chi connectivity index (χ1) is 10.8. The molecule has 2 rings (SSSR count). The monoisotopic (exact) mass is 302 g/mol. The summed E-state index contributed by atoms with van der Waals surface area (Å²) in [6.07, 6.45) is 15.7. The summed E-state index contributed by atoms with van der Waals surface area (Å²) in [5.74, 6) is 0.628. The first-order valence-corrected chi connectivity index (χ1v) is 8.30. The van der Waals surface area contributed by atoms with Crippen molar-refractivity contribution in [2.45, 2.75) is 70.9 Å². The minimum absolute atomic E-state index is 0.298. The van der Waals surface area contributed by atoms with Gasteiger partial charge in [-0.3, -0.25) is 4.90 Å². The number of aromatic nitrogens is 3. The predicted octanol–water partition coefficient (Wildman–Crippen LogP) is 3.61. The van der Waals surface area contributed by atoms with Crippen LogP contribution in [0.4, 0.5) is 5.95 Å². The lowest BCUT2D eigenvalue weighted by Gasteiger charge is -2.40. The Morgan fingerprint density at radius 1 is 0.955 bits per heavy atom. The van der Waals surface area contributed by atoms with Crippen LogP contribution in [-0.2, 0) is 0 Å². The Bertz CT molecular complexity index is 475. The van der Waals surface area contributed by atoms with Crippen LogP contribution in [-0.4, -0.2) is 33.3 Å². The maximum absolute atomic E-state index is 4.76. The summed E-state index contributed by atoms with van der Waals surface area (Å²) in [7, 11) is 0. The molecule has 1 aromatic rings. The third kappa shape index (κ3) is 4.08. The van der Waals surface area contributed by atoms with Crippen LogP contribution >= 0.6 is 0 Å². The molecule has 0 atom stereocenters. The van der Waals surface area contributed by atoms with Crippen molar-refractivity contribution in [3.63, 3.8) is 0 Å². The highest BCUT2D eigenvalue weighted by atomic mass is 15.4. The summed E-state index contributed by atoms with van der Waals surface area (Å²) in [5, 5.41) is 0. The van der Waals surface area contributed by atoms with Crippen LogP contribution < -0.4 is 4.90 Å². The molecule has 0 unspecified atom stereocenters. The number of hydrogen-bond acceptors (Lipinski definition) is 6. The molecule has 0 bridgehead atoms. The Kier molecular flexibility index (Phi) is 6.43. The molecular weight excluding hydrogens is 276 g/mol. The Labute approximate surface area is 132 Å². The van der Waals surface area contributed by atoms with Crippen LogP contribution in [0.3, 0.4) is 0 Å². The summed E-state index contributed by atoms with van der Waals surface area (Å²) in [4.78, 5) is 23.5. The van der Waals surface area contributed by atoms with E-state index in [1.54, 1.807) is 12.7 Å². The second-order valence-electron chi connectivity index (χ2n) is 5.71. The van der Waals surface area contributed by atoms with Gasteiger partial charge in [0.15, 0.2) is 0 Å². The van der Waals surface area contributed by atoms with Gasteiger partial charge in [-0.05, 0) is 25.7 Å². The van der Waals surface area contributed by atoms with Gasteiger partial charge in [0.2, 0.25) is 5.95 Å². The smallest absolute Gasteiger partial charge is 0.235 e. The number of hydrogen-bond donors (Lipinski definition) is 0. The van der Waals surface area contributed by atoms with Crippen molar-refractivity contribution in [3.8, 4) is 0 Å². The van der Waals surface area contributed by atoms with Crippen molar-refractivity contribution in [2.24, 2.45) is 9.98 Å². The highest BCUT2D eigenvalue weighted by Gasteiger charge is 2.37. The van der Waals surface area contributed by atoms with Crippen molar-refractivity contribution < 1.29 is 0 Å². The molecule has 6 nitrogen and oxygen atoms in total. The van der Waals surface area contributed by atoms with Gasteiger partial charge >= 0.3 is 0 Å². The molecule has 0 aliphatic carbocycles. The van der Waals surface area contributed by atoms with Gasteiger partial charge in [0.1, 0.15) is 31.0 Å². The number of unbranched alkanes of at least 4 members (excludes halogenated alkanes) is 4. The van der Waals surface area contributed by atoms with Gasteiger partial charge in [-0.1, -0.05) is 39.5 Å². The summed E-state index contributed by atoms with van der Waals surface area (Å²) < 4.78 is 0. The fourth-order valence-corrected chi connectivity index (χ4v) is 2.81. The Hall–Kier alpha value is -1.85. The van der Waals surface area contributed by atoms with E-state index in [1.807, 2.05) is 4.90 Å². The second-order valence-corrected chi connectivity index (χ2v) is 5.71. The predicted molar refractivity (Wildman–Crippen MR) is 90.3 cm³/mol. The van der Waals surface area contributed by atoms with E-state index < -0.39 is 0 Å². The zero-order valence-corrected chi connectivity index (χ0v) is 13.6. The van der Waals surface area contributed by atoms with Gasteiger partial charge in [-0.15, -0.1) is 0 Å². The van der Waals surface area contributed by atoms with E-state index in [0.717, 1.165) is 25.7 Å². The third-order valence-corrected chi connectivity index (χ3v) is 4.05. The highest BCUT2D eigenvalue weighted by molar-refractivity contribution is 5.86. The van der Waals surface area contributed by atoms with E-state index in [2.05, 4.69) is 33.8 Å². The van der Waals surface area contributed by atoms with E-state index in [0.29, 0.717) is 5.95 Å².